The first-order valence-corrected chi connectivity index (χ1v) is 11.9. The van der Waals surface area contributed by atoms with Crippen LogP contribution in [0.1, 0.15) is 33.1 Å². The molecule has 3 rings (SSSR count). The molecule has 0 bridgehead atoms. The summed E-state index contributed by atoms with van der Waals surface area (Å²) >= 11 is 0. The van der Waals surface area contributed by atoms with Crippen molar-refractivity contribution < 1.29 is 34.3 Å². The molecule has 12 heteroatoms. The Bertz CT molecular complexity index is 618. The van der Waals surface area contributed by atoms with Crippen molar-refractivity contribution in [2.45, 2.75) is 106 Å². The minimum Gasteiger partial charge on any atom is -0.388 e. The van der Waals surface area contributed by atoms with Crippen LogP contribution in [0.3, 0.4) is 0 Å². The van der Waals surface area contributed by atoms with Gasteiger partial charge in [-0.05, 0) is 39.8 Å². The quantitative estimate of drug-likeness (QED) is 0.173. The van der Waals surface area contributed by atoms with Gasteiger partial charge in [0, 0.05) is 18.6 Å². The van der Waals surface area contributed by atoms with Crippen LogP contribution in [0.4, 0.5) is 0 Å². The van der Waals surface area contributed by atoms with Gasteiger partial charge in [0.1, 0.15) is 30.0 Å². The smallest absolute Gasteiger partial charge is 0.185 e. The van der Waals surface area contributed by atoms with Crippen molar-refractivity contribution in [3.8, 4) is 0 Å². The molecule has 3 fully saturated rings. The van der Waals surface area contributed by atoms with E-state index >= 15 is 0 Å². The molecule has 12 unspecified atom stereocenters. The molecular formula is C21H43N5O7. The summed E-state index contributed by atoms with van der Waals surface area (Å²) in [4.78, 5) is 0. The van der Waals surface area contributed by atoms with Gasteiger partial charge in [0.25, 0.3) is 0 Å². The Morgan fingerprint density at radius 1 is 1.06 bits per heavy atom. The first-order chi connectivity index (χ1) is 15.6. The van der Waals surface area contributed by atoms with Crippen LogP contribution < -0.4 is 27.8 Å². The van der Waals surface area contributed by atoms with Gasteiger partial charge in [-0.25, -0.2) is 0 Å². The maximum absolute atomic E-state index is 11.3. The highest BCUT2D eigenvalue weighted by Crippen LogP contribution is 2.32. The number of aliphatic hydroxyl groups excluding tert-OH is 2. The average molecular weight is 478 g/mol. The third kappa shape index (κ3) is 6.02. The monoisotopic (exact) mass is 477 g/mol. The van der Waals surface area contributed by atoms with Crippen molar-refractivity contribution in [2.24, 2.45) is 17.2 Å². The Morgan fingerprint density at radius 2 is 1.76 bits per heavy atom. The standard InChI is InChI=1S/C21H43N5O7/c1-4-26-13-7-12(24)16(32-19-11(23)6-5-10(8-22)31-19)14(27)17(13)33-20-15(28)18(25-3)21(2,29)9-30-20/h10-20,25-29H,4-9,22-24H2,1-3H3. The molecule has 0 aromatic carbocycles. The maximum Gasteiger partial charge on any atom is 0.185 e. The lowest BCUT2D eigenvalue weighted by Gasteiger charge is -2.49. The van der Waals surface area contributed by atoms with Crippen molar-refractivity contribution in [3.05, 3.63) is 0 Å². The summed E-state index contributed by atoms with van der Waals surface area (Å²) < 4.78 is 23.7. The number of aliphatic hydroxyl groups is 3. The molecule has 0 aromatic heterocycles. The van der Waals surface area contributed by atoms with E-state index in [0.717, 1.165) is 6.42 Å². The molecule has 0 radical (unpaired) electrons. The Hall–Kier alpha value is -0.480. The third-order valence-corrected chi connectivity index (χ3v) is 6.97. The first kappa shape index (κ1) is 27.1. The van der Waals surface area contributed by atoms with Crippen LogP contribution in [0.5, 0.6) is 0 Å². The molecule has 194 valence electrons. The molecule has 2 aliphatic heterocycles. The second-order valence-electron chi connectivity index (χ2n) is 9.65. The Kier molecular flexibility index (Phi) is 9.45. The van der Waals surface area contributed by atoms with E-state index in [1.807, 2.05) is 6.92 Å². The fraction of sp³-hybridized carbons (Fsp3) is 1.00. The lowest BCUT2D eigenvalue weighted by Crippen LogP contribution is -2.69. The lowest BCUT2D eigenvalue weighted by atomic mass is 9.83. The number of likely N-dealkylation sites (N-methyl/N-ethyl adjacent to an activating group) is 2. The fourth-order valence-electron chi connectivity index (χ4n) is 5.11. The van der Waals surface area contributed by atoms with Crippen LogP contribution in [0.25, 0.3) is 0 Å². The van der Waals surface area contributed by atoms with E-state index < -0.39 is 54.7 Å². The largest absolute Gasteiger partial charge is 0.388 e. The van der Waals surface area contributed by atoms with Crippen molar-refractivity contribution in [1.29, 1.82) is 0 Å². The van der Waals surface area contributed by atoms with Gasteiger partial charge in [0.2, 0.25) is 0 Å². The van der Waals surface area contributed by atoms with Gasteiger partial charge in [0.05, 0.1) is 24.8 Å². The maximum atomic E-state index is 11.3. The van der Waals surface area contributed by atoms with Crippen LogP contribution >= 0.6 is 0 Å². The predicted octanol–water partition coefficient (Wildman–Crippen LogP) is -3.33. The van der Waals surface area contributed by atoms with Crippen molar-refractivity contribution >= 4 is 0 Å². The zero-order valence-electron chi connectivity index (χ0n) is 19.8. The number of rotatable bonds is 8. The van der Waals surface area contributed by atoms with E-state index in [9.17, 15) is 15.3 Å². The van der Waals surface area contributed by atoms with Crippen LogP contribution in [0.15, 0.2) is 0 Å². The number of hydrogen-bond donors (Lipinski definition) is 8. The van der Waals surface area contributed by atoms with Gasteiger partial charge in [0.15, 0.2) is 12.6 Å². The summed E-state index contributed by atoms with van der Waals surface area (Å²) in [5, 5.41) is 38.8. The lowest BCUT2D eigenvalue weighted by molar-refractivity contribution is -0.308. The van der Waals surface area contributed by atoms with Gasteiger partial charge in [-0.2, -0.15) is 0 Å². The molecule has 11 N–H and O–H groups in total. The number of ether oxygens (including phenoxy) is 4. The van der Waals surface area contributed by atoms with E-state index in [2.05, 4.69) is 10.6 Å². The van der Waals surface area contributed by atoms with E-state index in [1.54, 1.807) is 14.0 Å². The molecule has 2 saturated heterocycles. The minimum atomic E-state index is -1.28. The molecule has 0 amide bonds. The summed E-state index contributed by atoms with van der Waals surface area (Å²) in [7, 11) is 1.65. The minimum absolute atomic E-state index is 0.0421. The van der Waals surface area contributed by atoms with Crippen molar-refractivity contribution in [2.75, 3.05) is 26.7 Å². The highest BCUT2D eigenvalue weighted by Gasteiger charge is 2.51. The third-order valence-electron chi connectivity index (χ3n) is 6.97. The fourth-order valence-corrected chi connectivity index (χ4v) is 5.11. The second kappa shape index (κ2) is 11.5. The Labute approximate surface area is 195 Å². The van der Waals surface area contributed by atoms with Gasteiger partial charge in [-0.3, -0.25) is 0 Å². The average Bonchev–Trinajstić information content (AvgIpc) is 2.76. The molecule has 12 atom stereocenters. The van der Waals surface area contributed by atoms with E-state index in [0.29, 0.717) is 25.9 Å². The molecule has 3 aliphatic rings. The summed E-state index contributed by atoms with van der Waals surface area (Å²) in [6.07, 6.45) is -3.97. The van der Waals surface area contributed by atoms with Crippen molar-refractivity contribution in [3.63, 3.8) is 0 Å². The summed E-state index contributed by atoms with van der Waals surface area (Å²) in [5.74, 6) is 0. The van der Waals surface area contributed by atoms with Crippen LogP contribution in [0.2, 0.25) is 0 Å². The molecule has 0 spiro atoms. The zero-order chi connectivity index (χ0) is 24.3. The first-order valence-electron chi connectivity index (χ1n) is 11.9. The molecule has 0 aromatic rings. The van der Waals surface area contributed by atoms with Crippen LogP contribution in [-0.2, 0) is 18.9 Å². The summed E-state index contributed by atoms with van der Waals surface area (Å²) in [6, 6.07) is -1.84. The molecule has 2 heterocycles. The highest BCUT2D eigenvalue weighted by molar-refractivity contribution is 5.02. The van der Waals surface area contributed by atoms with Gasteiger partial charge in [-0.1, -0.05) is 6.92 Å². The zero-order valence-corrected chi connectivity index (χ0v) is 19.8. The molecule has 1 aliphatic carbocycles. The van der Waals surface area contributed by atoms with Crippen LogP contribution in [0, 0.1) is 0 Å². The summed E-state index contributed by atoms with van der Waals surface area (Å²) in [5.41, 5.74) is 17.1. The van der Waals surface area contributed by atoms with E-state index in [1.165, 1.54) is 0 Å². The number of nitrogens with one attached hydrogen (secondary N) is 2. The number of hydrogen-bond acceptors (Lipinski definition) is 12. The molecule has 12 nitrogen and oxygen atoms in total. The molecule has 1 saturated carbocycles. The van der Waals surface area contributed by atoms with Gasteiger partial charge >= 0.3 is 0 Å². The summed E-state index contributed by atoms with van der Waals surface area (Å²) in [6.45, 7) is 4.47. The second-order valence-corrected chi connectivity index (χ2v) is 9.65. The topological polar surface area (TPSA) is 200 Å². The number of nitrogens with two attached hydrogens (primary N) is 3. The van der Waals surface area contributed by atoms with Crippen LogP contribution in [-0.4, -0.2) is 115 Å². The highest BCUT2D eigenvalue weighted by atomic mass is 16.7. The van der Waals surface area contributed by atoms with Gasteiger partial charge < -0.3 is 62.1 Å². The normalized spacial score (nSPS) is 49.2. The van der Waals surface area contributed by atoms with E-state index in [-0.39, 0.29) is 24.8 Å². The molecule has 33 heavy (non-hydrogen) atoms. The molecular weight excluding hydrogens is 434 g/mol. The Balaban J connectivity index is 1.74. The predicted molar refractivity (Wildman–Crippen MR) is 120 cm³/mol. The Morgan fingerprint density at radius 3 is 2.39 bits per heavy atom. The van der Waals surface area contributed by atoms with E-state index in [4.69, 9.17) is 36.1 Å². The SMILES string of the molecule is CCNC1CC(N)C(OC2OC(CN)CCC2N)C(O)C1OC1OCC(C)(O)C(NC)C1O. The van der Waals surface area contributed by atoms with Crippen molar-refractivity contribution in [1.82, 2.24) is 10.6 Å². The van der Waals surface area contributed by atoms with Gasteiger partial charge in [-0.15, -0.1) is 0 Å².